The predicted octanol–water partition coefficient (Wildman–Crippen LogP) is 0.946. The van der Waals surface area contributed by atoms with Crippen LogP contribution in [0.15, 0.2) is 18.2 Å². The molecule has 0 atom stereocenters. The zero-order chi connectivity index (χ0) is 16.3. The summed E-state index contributed by atoms with van der Waals surface area (Å²) < 4.78 is 74.9. The number of hydrogen-bond donors (Lipinski definition) is 3. The van der Waals surface area contributed by atoms with E-state index in [4.69, 9.17) is 5.73 Å². The molecule has 0 aliphatic carbocycles. The van der Waals surface area contributed by atoms with E-state index in [1.807, 2.05) is 0 Å². The first-order chi connectivity index (χ1) is 9.50. The predicted molar refractivity (Wildman–Crippen MR) is 72.1 cm³/mol. The van der Waals surface area contributed by atoms with Crippen molar-refractivity contribution < 1.29 is 26.0 Å². The molecular formula is C10H11F4N3O2S2. The molecule has 0 amide bonds. The van der Waals surface area contributed by atoms with Gasteiger partial charge in [-0.2, -0.15) is 31.0 Å². The van der Waals surface area contributed by atoms with Gasteiger partial charge in [0.15, 0.2) is 0 Å². The van der Waals surface area contributed by atoms with Crippen LogP contribution < -0.4 is 15.2 Å². The summed E-state index contributed by atoms with van der Waals surface area (Å²) in [6, 6.07) is 3.61. The fraction of sp³-hybridized carbons (Fsp3) is 0.300. The van der Waals surface area contributed by atoms with Crippen LogP contribution in [0.25, 0.3) is 0 Å². The van der Waals surface area contributed by atoms with Gasteiger partial charge in [-0.1, -0.05) is 24.4 Å². The molecular weight excluding hydrogens is 334 g/mol. The molecule has 118 valence electrons. The maximum Gasteiger partial charge on any atom is 0.402 e. The van der Waals surface area contributed by atoms with E-state index in [0.29, 0.717) is 0 Å². The van der Waals surface area contributed by atoms with E-state index in [1.54, 1.807) is 4.72 Å². The van der Waals surface area contributed by atoms with Crippen molar-refractivity contribution in [3.05, 3.63) is 35.1 Å². The monoisotopic (exact) mass is 345 g/mol. The van der Waals surface area contributed by atoms with Gasteiger partial charge in [0.05, 0.1) is 0 Å². The number of nitrogens with two attached hydrogens (primary N) is 1. The summed E-state index contributed by atoms with van der Waals surface area (Å²) in [7, 11) is -4.39. The summed E-state index contributed by atoms with van der Waals surface area (Å²) >= 11 is 4.64. The fourth-order valence-corrected chi connectivity index (χ4v) is 2.17. The number of thiocarbonyl (C=S) groups is 1. The van der Waals surface area contributed by atoms with Crippen LogP contribution in [0.5, 0.6) is 0 Å². The summed E-state index contributed by atoms with van der Waals surface area (Å²) in [6.45, 7) is -2.23. The Balaban J connectivity index is 2.69. The molecule has 1 aromatic rings. The van der Waals surface area contributed by atoms with Crippen molar-refractivity contribution in [3.8, 4) is 0 Å². The highest BCUT2D eigenvalue weighted by molar-refractivity contribution is 7.87. The Morgan fingerprint density at radius 3 is 2.38 bits per heavy atom. The number of nitrogens with one attached hydrogen (secondary N) is 2. The van der Waals surface area contributed by atoms with Crippen molar-refractivity contribution in [2.24, 2.45) is 5.73 Å². The molecule has 0 unspecified atom stereocenters. The molecule has 0 aromatic heterocycles. The molecule has 0 heterocycles. The van der Waals surface area contributed by atoms with Gasteiger partial charge in [0, 0.05) is 17.7 Å². The van der Waals surface area contributed by atoms with E-state index < -0.39 is 35.3 Å². The lowest BCUT2D eigenvalue weighted by Gasteiger charge is -2.11. The van der Waals surface area contributed by atoms with Gasteiger partial charge >= 0.3 is 6.18 Å². The largest absolute Gasteiger partial charge is 0.402 e. The van der Waals surface area contributed by atoms with Gasteiger partial charge in [0.1, 0.15) is 17.4 Å². The Morgan fingerprint density at radius 1 is 1.29 bits per heavy atom. The minimum Gasteiger partial charge on any atom is -0.389 e. The molecule has 0 aliphatic heterocycles. The summed E-state index contributed by atoms with van der Waals surface area (Å²) in [4.78, 5) is -0.0344. The Bertz CT molecular complexity index is 632. The average Bonchev–Trinajstić information content (AvgIpc) is 2.34. The normalized spacial score (nSPS) is 12.4. The van der Waals surface area contributed by atoms with Crippen LogP contribution in [-0.2, 0) is 16.8 Å². The molecule has 0 fully saturated rings. The first-order valence-corrected chi connectivity index (χ1v) is 7.28. The average molecular weight is 345 g/mol. The maximum absolute atomic E-state index is 13.6. The summed E-state index contributed by atoms with van der Waals surface area (Å²) in [5.74, 6) is -0.779. The van der Waals surface area contributed by atoms with E-state index in [2.05, 4.69) is 12.2 Å². The van der Waals surface area contributed by atoms with Gasteiger partial charge in [-0.05, 0) is 6.07 Å². The number of alkyl halides is 3. The van der Waals surface area contributed by atoms with E-state index in [-0.39, 0.29) is 16.1 Å². The highest BCUT2D eigenvalue weighted by Gasteiger charge is 2.29. The lowest BCUT2D eigenvalue weighted by molar-refractivity contribution is -0.121. The van der Waals surface area contributed by atoms with Crippen LogP contribution in [0.2, 0.25) is 0 Å². The molecule has 11 heteroatoms. The van der Waals surface area contributed by atoms with Gasteiger partial charge in [0.2, 0.25) is 0 Å². The van der Waals surface area contributed by atoms with Gasteiger partial charge < -0.3 is 5.73 Å². The van der Waals surface area contributed by atoms with Crippen LogP contribution in [0.4, 0.5) is 17.6 Å². The molecule has 1 aromatic carbocycles. The van der Waals surface area contributed by atoms with Crippen LogP contribution in [-0.4, -0.2) is 26.1 Å². The smallest absolute Gasteiger partial charge is 0.389 e. The van der Waals surface area contributed by atoms with Crippen LogP contribution in [0.1, 0.15) is 11.1 Å². The third kappa shape index (κ3) is 6.33. The molecule has 0 radical (unpaired) electrons. The van der Waals surface area contributed by atoms with Crippen molar-refractivity contribution in [3.63, 3.8) is 0 Å². The molecule has 1 rings (SSSR count). The Hall–Kier alpha value is -1.30. The second-order valence-corrected chi connectivity index (χ2v) is 5.96. The third-order valence-corrected chi connectivity index (χ3v) is 3.54. The quantitative estimate of drug-likeness (QED) is 0.529. The minimum atomic E-state index is -4.68. The maximum atomic E-state index is 13.6. The zero-order valence-corrected chi connectivity index (χ0v) is 12.0. The highest BCUT2D eigenvalue weighted by atomic mass is 32.2. The number of hydrogen-bond acceptors (Lipinski definition) is 3. The number of halogens is 4. The standard InChI is InChI=1S/C10H11F4N3O2S2/c11-8-3-6(9(15)20)1-2-7(8)4-16-21(18,19)17-5-10(12,13)14/h1-3,16-17H,4-5H2,(H2,15,20). The number of benzene rings is 1. The van der Waals surface area contributed by atoms with Gasteiger partial charge in [-0.25, -0.2) is 4.39 Å². The first-order valence-electron chi connectivity index (χ1n) is 5.39. The van der Waals surface area contributed by atoms with Crippen LogP contribution in [0.3, 0.4) is 0 Å². The second kappa shape index (κ2) is 6.64. The Labute approximate surface area is 123 Å². The van der Waals surface area contributed by atoms with Gasteiger partial charge in [-0.15, -0.1) is 0 Å². The summed E-state index contributed by atoms with van der Waals surface area (Å²) in [5, 5.41) is 0. The molecule has 21 heavy (non-hydrogen) atoms. The van der Waals surface area contributed by atoms with E-state index >= 15 is 0 Å². The Kier molecular flexibility index (Phi) is 5.61. The second-order valence-electron chi connectivity index (χ2n) is 3.93. The van der Waals surface area contributed by atoms with E-state index in [0.717, 1.165) is 6.07 Å². The van der Waals surface area contributed by atoms with Crippen molar-refractivity contribution in [2.45, 2.75) is 12.7 Å². The van der Waals surface area contributed by atoms with Crippen molar-refractivity contribution >= 4 is 27.4 Å². The molecule has 0 saturated carbocycles. The molecule has 0 saturated heterocycles. The van der Waals surface area contributed by atoms with Crippen LogP contribution >= 0.6 is 12.2 Å². The van der Waals surface area contributed by atoms with Gasteiger partial charge in [-0.3, -0.25) is 0 Å². The number of rotatable bonds is 6. The summed E-state index contributed by atoms with van der Waals surface area (Å²) in [5.41, 5.74) is 5.48. The lowest BCUT2D eigenvalue weighted by Crippen LogP contribution is -2.41. The SMILES string of the molecule is NC(=S)c1ccc(CNS(=O)(=O)NCC(F)(F)F)c(F)c1. The summed E-state index contributed by atoms with van der Waals surface area (Å²) in [6.07, 6.45) is -4.68. The lowest BCUT2D eigenvalue weighted by atomic mass is 10.1. The zero-order valence-electron chi connectivity index (χ0n) is 10.4. The molecule has 5 nitrogen and oxygen atoms in total. The molecule has 4 N–H and O–H groups in total. The van der Waals surface area contributed by atoms with Crippen molar-refractivity contribution in [1.82, 2.24) is 9.44 Å². The van der Waals surface area contributed by atoms with Crippen molar-refractivity contribution in [2.75, 3.05) is 6.54 Å². The van der Waals surface area contributed by atoms with Crippen LogP contribution in [0, 0.1) is 5.82 Å². The Morgan fingerprint density at radius 2 is 1.90 bits per heavy atom. The van der Waals surface area contributed by atoms with Crippen molar-refractivity contribution in [1.29, 1.82) is 0 Å². The first kappa shape index (κ1) is 17.8. The molecule has 0 bridgehead atoms. The highest BCUT2D eigenvalue weighted by Crippen LogP contribution is 2.13. The fourth-order valence-electron chi connectivity index (χ4n) is 1.24. The topological polar surface area (TPSA) is 84.2 Å². The van der Waals surface area contributed by atoms with Gasteiger partial charge in [0.25, 0.3) is 10.2 Å². The van der Waals surface area contributed by atoms with E-state index in [1.165, 1.54) is 16.9 Å². The molecule has 0 spiro atoms. The molecule has 0 aliphatic rings. The van der Waals surface area contributed by atoms with E-state index in [9.17, 15) is 26.0 Å². The minimum absolute atomic E-state index is 0.0344. The third-order valence-electron chi connectivity index (χ3n) is 2.25.